The lowest BCUT2D eigenvalue weighted by atomic mass is 9.92. The first kappa shape index (κ1) is 15.8. The average molecular weight is 275 g/mol. The molecule has 2 aliphatic heterocycles. The molecule has 3 atom stereocenters. The molecule has 1 amide bonds. The summed E-state index contributed by atoms with van der Waals surface area (Å²) in [6.45, 7) is 7.46. The minimum atomic E-state index is 0. The lowest BCUT2D eigenvalue weighted by Gasteiger charge is -2.31. The Morgan fingerprint density at radius 3 is 2.67 bits per heavy atom. The second kappa shape index (κ2) is 7.34. The topological polar surface area (TPSA) is 32.3 Å². The van der Waals surface area contributed by atoms with E-state index in [9.17, 15) is 4.79 Å². The molecule has 0 spiro atoms. The highest BCUT2D eigenvalue weighted by Crippen LogP contribution is 2.22. The van der Waals surface area contributed by atoms with Crippen molar-refractivity contribution < 1.29 is 4.79 Å². The number of halogens is 1. The number of rotatable bonds is 1. The molecule has 2 rings (SSSR count). The van der Waals surface area contributed by atoms with Gasteiger partial charge in [-0.1, -0.05) is 6.92 Å². The van der Waals surface area contributed by atoms with Crippen molar-refractivity contribution in [2.45, 2.75) is 52.0 Å². The normalized spacial score (nSPS) is 33.4. The van der Waals surface area contributed by atoms with Gasteiger partial charge in [0.1, 0.15) is 0 Å². The lowest BCUT2D eigenvalue weighted by molar-refractivity contribution is -0.136. The molecule has 0 bridgehead atoms. The van der Waals surface area contributed by atoms with E-state index >= 15 is 0 Å². The van der Waals surface area contributed by atoms with E-state index < -0.39 is 0 Å². The first-order valence-corrected chi connectivity index (χ1v) is 7.19. The molecule has 2 aliphatic rings. The highest BCUT2D eigenvalue weighted by Gasteiger charge is 2.29. The van der Waals surface area contributed by atoms with Gasteiger partial charge in [-0.25, -0.2) is 0 Å². The summed E-state index contributed by atoms with van der Waals surface area (Å²) in [6, 6.07) is 0.503. The standard InChI is InChI=1S/C14H26N2O.ClH/c1-11-4-3-8-16(9-6-11)14(17)13-5-7-15-12(2)10-13;/h11-13,15H,3-10H2,1-2H3;1H/t11?,12-,13-;/m0./s1. The predicted molar refractivity (Wildman–Crippen MR) is 77.0 cm³/mol. The summed E-state index contributed by atoms with van der Waals surface area (Å²) in [5.74, 6) is 1.49. The molecule has 0 aliphatic carbocycles. The zero-order chi connectivity index (χ0) is 12.3. The fourth-order valence-electron chi connectivity index (χ4n) is 3.10. The molecule has 0 saturated carbocycles. The summed E-state index contributed by atoms with van der Waals surface area (Å²) >= 11 is 0. The van der Waals surface area contributed by atoms with E-state index in [1.165, 1.54) is 19.3 Å². The van der Waals surface area contributed by atoms with E-state index in [0.717, 1.165) is 38.4 Å². The second-order valence-corrected chi connectivity index (χ2v) is 5.94. The SMILES string of the molecule is CC1CCCN(C(=O)[C@H]2CCN[C@@H](C)C2)CC1.Cl. The maximum Gasteiger partial charge on any atom is 0.225 e. The van der Waals surface area contributed by atoms with Crippen molar-refractivity contribution >= 4 is 18.3 Å². The molecule has 2 fully saturated rings. The largest absolute Gasteiger partial charge is 0.342 e. The van der Waals surface area contributed by atoms with Crippen molar-refractivity contribution in [2.24, 2.45) is 11.8 Å². The highest BCUT2D eigenvalue weighted by molar-refractivity contribution is 5.85. The van der Waals surface area contributed by atoms with Gasteiger partial charge in [-0.15, -0.1) is 12.4 Å². The number of hydrogen-bond donors (Lipinski definition) is 1. The third kappa shape index (κ3) is 4.13. The van der Waals surface area contributed by atoms with Crippen LogP contribution in [0.25, 0.3) is 0 Å². The summed E-state index contributed by atoms with van der Waals surface area (Å²) in [5, 5.41) is 3.42. The van der Waals surface area contributed by atoms with Crippen LogP contribution in [0.1, 0.15) is 46.0 Å². The first-order chi connectivity index (χ1) is 8.16. The average Bonchev–Trinajstić information content (AvgIpc) is 2.53. The number of piperidine rings is 1. The molecular formula is C14H27ClN2O. The van der Waals surface area contributed by atoms with E-state index in [1.807, 2.05) is 0 Å². The van der Waals surface area contributed by atoms with E-state index in [4.69, 9.17) is 0 Å². The van der Waals surface area contributed by atoms with Crippen molar-refractivity contribution in [3.05, 3.63) is 0 Å². The molecule has 0 aromatic heterocycles. The molecule has 1 unspecified atom stereocenters. The molecule has 1 N–H and O–H groups in total. The van der Waals surface area contributed by atoms with E-state index in [-0.39, 0.29) is 18.3 Å². The molecule has 0 radical (unpaired) electrons. The van der Waals surface area contributed by atoms with Crippen molar-refractivity contribution in [3.8, 4) is 0 Å². The van der Waals surface area contributed by atoms with Crippen LogP contribution in [0.4, 0.5) is 0 Å². The molecule has 2 saturated heterocycles. The van der Waals surface area contributed by atoms with Crippen molar-refractivity contribution in [3.63, 3.8) is 0 Å². The van der Waals surface area contributed by atoms with Gasteiger partial charge in [-0.3, -0.25) is 4.79 Å². The van der Waals surface area contributed by atoms with Gasteiger partial charge in [0, 0.05) is 25.0 Å². The van der Waals surface area contributed by atoms with Crippen molar-refractivity contribution in [1.82, 2.24) is 10.2 Å². The summed E-state index contributed by atoms with van der Waals surface area (Å²) < 4.78 is 0. The number of carbonyl (C=O) groups excluding carboxylic acids is 1. The number of hydrogen-bond acceptors (Lipinski definition) is 2. The fourth-order valence-corrected chi connectivity index (χ4v) is 3.10. The van der Waals surface area contributed by atoms with E-state index in [2.05, 4.69) is 24.1 Å². The van der Waals surface area contributed by atoms with Crippen LogP contribution in [0.3, 0.4) is 0 Å². The Labute approximate surface area is 117 Å². The Hall–Kier alpha value is -0.280. The predicted octanol–water partition coefficient (Wildman–Crippen LogP) is 2.44. The smallest absolute Gasteiger partial charge is 0.225 e. The zero-order valence-corrected chi connectivity index (χ0v) is 12.5. The molecule has 3 nitrogen and oxygen atoms in total. The highest BCUT2D eigenvalue weighted by atomic mass is 35.5. The van der Waals surface area contributed by atoms with Crippen LogP contribution in [-0.4, -0.2) is 36.5 Å². The van der Waals surface area contributed by atoms with Gasteiger partial charge in [0.05, 0.1) is 0 Å². The van der Waals surface area contributed by atoms with Crippen LogP contribution in [0.15, 0.2) is 0 Å². The molecule has 4 heteroatoms. The van der Waals surface area contributed by atoms with Gasteiger partial charge in [-0.05, 0) is 51.5 Å². The first-order valence-electron chi connectivity index (χ1n) is 7.19. The van der Waals surface area contributed by atoms with Crippen LogP contribution < -0.4 is 5.32 Å². The van der Waals surface area contributed by atoms with E-state index in [0.29, 0.717) is 11.9 Å². The van der Waals surface area contributed by atoms with E-state index in [1.54, 1.807) is 0 Å². The monoisotopic (exact) mass is 274 g/mol. The summed E-state index contributed by atoms with van der Waals surface area (Å²) in [4.78, 5) is 14.6. The molecule has 106 valence electrons. The summed E-state index contributed by atoms with van der Waals surface area (Å²) in [5.41, 5.74) is 0. The maximum atomic E-state index is 12.5. The van der Waals surface area contributed by atoms with Gasteiger partial charge < -0.3 is 10.2 Å². The number of likely N-dealkylation sites (tertiary alicyclic amines) is 1. The third-order valence-electron chi connectivity index (χ3n) is 4.30. The fraction of sp³-hybridized carbons (Fsp3) is 0.929. The summed E-state index contributed by atoms with van der Waals surface area (Å²) in [7, 11) is 0. The molecule has 18 heavy (non-hydrogen) atoms. The number of carbonyl (C=O) groups is 1. The zero-order valence-electron chi connectivity index (χ0n) is 11.7. The van der Waals surface area contributed by atoms with Gasteiger partial charge >= 0.3 is 0 Å². The second-order valence-electron chi connectivity index (χ2n) is 5.94. The van der Waals surface area contributed by atoms with Crippen LogP contribution in [0.5, 0.6) is 0 Å². The van der Waals surface area contributed by atoms with Gasteiger partial charge in [0.15, 0.2) is 0 Å². The van der Waals surface area contributed by atoms with Crippen LogP contribution in [0, 0.1) is 11.8 Å². The third-order valence-corrected chi connectivity index (χ3v) is 4.30. The Morgan fingerprint density at radius 1 is 1.17 bits per heavy atom. The lowest BCUT2D eigenvalue weighted by Crippen LogP contribution is -2.44. The Kier molecular flexibility index (Phi) is 6.44. The van der Waals surface area contributed by atoms with Gasteiger partial charge in [0.2, 0.25) is 5.91 Å². The number of nitrogens with zero attached hydrogens (tertiary/aromatic N) is 1. The Bertz CT molecular complexity index is 273. The van der Waals surface area contributed by atoms with Gasteiger partial charge in [-0.2, -0.15) is 0 Å². The minimum Gasteiger partial charge on any atom is -0.342 e. The van der Waals surface area contributed by atoms with Crippen molar-refractivity contribution in [1.29, 1.82) is 0 Å². The quantitative estimate of drug-likeness (QED) is 0.797. The molecule has 0 aromatic rings. The molecular weight excluding hydrogens is 248 g/mol. The number of amides is 1. The molecule has 2 heterocycles. The minimum absolute atomic E-state index is 0. The van der Waals surface area contributed by atoms with Crippen molar-refractivity contribution in [2.75, 3.05) is 19.6 Å². The molecule has 0 aromatic carbocycles. The van der Waals surface area contributed by atoms with Crippen LogP contribution in [-0.2, 0) is 4.79 Å². The maximum absolute atomic E-state index is 12.5. The summed E-state index contributed by atoms with van der Waals surface area (Å²) in [6.07, 6.45) is 5.70. The van der Waals surface area contributed by atoms with Crippen LogP contribution in [0.2, 0.25) is 0 Å². The Morgan fingerprint density at radius 2 is 1.94 bits per heavy atom. The Balaban J connectivity index is 0.00000162. The number of nitrogens with one attached hydrogen (secondary N) is 1. The van der Waals surface area contributed by atoms with Gasteiger partial charge in [0.25, 0.3) is 0 Å². The van der Waals surface area contributed by atoms with Crippen LogP contribution >= 0.6 is 12.4 Å².